The van der Waals surface area contributed by atoms with Gasteiger partial charge >= 0.3 is 5.97 Å². The van der Waals surface area contributed by atoms with E-state index in [2.05, 4.69) is 12.2 Å². The molecular formula is C16H32N2O3. The SMILES string of the molecule is CCCCCCCCCCOC(=O)[C@@H](CCC(N)=O)NC. The lowest BCUT2D eigenvalue weighted by atomic mass is 10.1. The Morgan fingerprint density at radius 2 is 1.62 bits per heavy atom. The molecule has 124 valence electrons. The molecule has 0 unspecified atom stereocenters. The molecule has 0 aliphatic rings. The molecular weight excluding hydrogens is 268 g/mol. The molecule has 0 rings (SSSR count). The van der Waals surface area contributed by atoms with E-state index in [4.69, 9.17) is 10.5 Å². The first kappa shape index (κ1) is 19.9. The lowest BCUT2D eigenvalue weighted by Crippen LogP contribution is -2.36. The van der Waals surface area contributed by atoms with E-state index in [0.717, 1.165) is 12.8 Å². The third kappa shape index (κ3) is 12.4. The quantitative estimate of drug-likeness (QED) is 0.381. The van der Waals surface area contributed by atoms with Crippen molar-refractivity contribution in [2.75, 3.05) is 13.7 Å². The summed E-state index contributed by atoms with van der Waals surface area (Å²) >= 11 is 0. The van der Waals surface area contributed by atoms with Crippen LogP contribution in [0.5, 0.6) is 0 Å². The van der Waals surface area contributed by atoms with Gasteiger partial charge in [-0.15, -0.1) is 0 Å². The highest BCUT2D eigenvalue weighted by Crippen LogP contribution is 2.08. The number of nitrogens with two attached hydrogens (primary N) is 1. The van der Waals surface area contributed by atoms with Crippen LogP contribution in [0.3, 0.4) is 0 Å². The smallest absolute Gasteiger partial charge is 0.323 e. The first-order valence-corrected chi connectivity index (χ1v) is 8.24. The summed E-state index contributed by atoms with van der Waals surface area (Å²) in [6.07, 6.45) is 10.3. The van der Waals surface area contributed by atoms with Crippen molar-refractivity contribution >= 4 is 11.9 Å². The first-order chi connectivity index (χ1) is 10.1. The van der Waals surface area contributed by atoms with E-state index in [0.29, 0.717) is 13.0 Å². The molecule has 0 aromatic rings. The molecule has 21 heavy (non-hydrogen) atoms. The van der Waals surface area contributed by atoms with Crippen LogP contribution in [0.15, 0.2) is 0 Å². The van der Waals surface area contributed by atoms with Crippen molar-refractivity contribution in [1.82, 2.24) is 5.32 Å². The second-order valence-electron chi connectivity index (χ2n) is 5.49. The van der Waals surface area contributed by atoms with E-state index in [1.165, 1.54) is 38.5 Å². The molecule has 5 heteroatoms. The van der Waals surface area contributed by atoms with Gasteiger partial charge in [0.25, 0.3) is 0 Å². The molecule has 5 nitrogen and oxygen atoms in total. The summed E-state index contributed by atoms with van der Waals surface area (Å²) in [5, 5.41) is 2.86. The maximum absolute atomic E-state index is 11.8. The Morgan fingerprint density at radius 3 is 2.14 bits per heavy atom. The number of amides is 1. The topological polar surface area (TPSA) is 81.4 Å². The number of ether oxygens (including phenoxy) is 1. The lowest BCUT2D eigenvalue weighted by Gasteiger charge is -2.14. The van der Waals surface area contributed by atoms with Crippen LogP contribution in [0, 0.1) is 0 Å². The van der Waals surface area contributed by atoms with Gasteiger partial charge in [-0.1, -0.05) is 51.9 Å². The van der Waals surface area contributed by atoms with Crippen LogP contribution in [0.2, 0.25) is 0 Å². The maximum atomic E-state index is 11.8. The van der Waals surface area contributed by atoms with Crippen molar-refractivity contribution in [3.63, 3.8) is 0 Å². The molecule has 0 aliphatic carbocycles. The van der Waals surface area contributed by atoms with E-state index in [9.17, 15) is 9.59 Å². The van der Waals surface area contributed by atoms with Crippen LogP contribution in [-0.2, 0) is 14.3 Å². The predicted octanol–water partition coefficient (Wildman–Crippen LogP) is 2.52. The molecule has 0 bridgehead atoms. The van der Waals surface area contributed by atoms with Crippen LogP contribution in [-0.4, -0.2) is 31.6 Å². The Hall–Kier alpha value is -1.10. The highest BCUT2D eigenvalue weighted by molar-refractivity contribution is 5.78. The Labute approximate surface area is 129 Å². The highest BCUT2D eigenvalue weighted by Gasteiger charge is 2.18. The van der Waals surface area contributed by atoms with Gasteiger partial charge in [0.2, 0.25) is 5.91 Å². The third-order valence-electron chi connectivity index (χ3n) is 3.55. The fourth-order valence-corrected chi connectivity index (χ4v) is 2.18. The summed E-state index contributed by atoms with van der Waals surface area (Å²) in [4.78, 5) is 22.5. The fourth-order valence-electron chi connectivity index (χ4n) is 2.18. The van der Waals surface area contributed by atoms with Crippen molar-refractivity contribution in [3.8, 4) is 0 Å². The van der Waals surface area contributed by atoms with Crippen molar-refractivity contribution in [2.24, 2.45) is 5.73 Å². The average molecular weight is 300 g/mol. The molecule has 0 heterocycles. The largest absolute Gasteiger partial charge is 0.465 e. The molecule has 0 aromatic carbocycles. The number of unbranched alkanes of at least 4 members (excludes halogenated alkanes) is 7. The number of esters is 1. The number of primary amides is 1. The molecule has 0 radical (unpaired) electrons. The minimum absolute atomic E-state index is 0.193. The number of carbonyl (C=O) groups is 2. The minimum Gasteiger partial charge on any atom is -0.465 e. The molecule has 0 saturated carbocycles. The molecule has 0 aromatic heterocycles. The van der Waals surface area contributed by atoms with E-state index in [-0.39, 0.29) is 12.4 Å². The monoisotopic (exact) mass is 300 g/mol. The van der Waals surface area contributed by atoms with Crippen LogP contribution in [0.4, 0.5) is 0 Å². The summed E-state index contributed by atoms with van der Waals surface area (Å²) in [6.45, 7) is 2.68. The van der Waals surface area contributed by atoms with Gasteiger partial charge in [0.05, 0.1) is 6.61 Å². The minimum atomic E-state index is -0.438. The summed E-state index contributed by atoms with van der Waals surface area (Å²) in [5.74, 6) is -0.687. The highest BCUT2D eigenvalue weighted by atomic mass is 16.5. The number of rotatable bonds is 14. The molecule has 1 amide bonds. The van der Waals surface area contributed by atoms with Gasteiger partial charge in [-0.3, -0.25) is 9.59 Å². The summed E-state index contributed by atoms with van der Waals surface area (Å²) in [7, 11) is 1.68. The molecule has 0 aliphatic heterocycles. The normalized spacial score (nSPS) is 12.1. The lowest BCUT2D eigenvalue weighted by molar-refractivity contribution is -0.146. The average Bonchev–Trinajstić information content (AvgIpc) is 2.46. The van der Waals surface area contributed by atoms with Crippen LogP contribution < -0.4 is 11.1 Å². The van der Waals surface area contributed by atoms with Crippen LogP contribution in [0.25, 0.3) is 0 Å². The van der Waals surface area contributed by atoms with E-state index in [1.807, 2.05) is 0 Å². The van der Waals surface area contributed by atoms with Gasteiger partial charge in [0, 0.05) is 6.42 Å². The second kappa shape index (κ2) is 13.9. The Balaban J connectivity index is 3.52. The first-order valence-electron chi connectivity index (χ1n) is 8.24. The molecule has 0 fully saturated rings. The Bertz CT molecular complexity index is 283. The second-order valence-corrected chi connectivity index (χ2v) is 5.49. The number of hydrogen-bond donors (Lipinski definition) is 2. The van der Waals surface area contributed by atoms with Crippen molar-refractivity contribution in [3.05, 3.63) is 0 Å². The number of likely N-dealkylation sites (N-methyl/N-ethyl adjacent to an activating group) is 1. The van der Waals surface area contributed by atoms with Crippen molar-refractivity contribution in [1.29, 1.82) is 0 Å². The van der Waals surface area contributed by atoms with Gasteiger partial charge in [-0.2, -0.15) is 0 Å². The van der Waals surface area contributed by atoms with Gasteiger partial charge in [-0.05, 0) is 19.9 Å². The zero-order chi connectivity index (χ0) is 15.9. The van der Waals surface area contributed by atoms with Crippen molar-refractivity contribution in [2.45, 2.75) is 77.2 Å². The maximum Gasteiger partial charge on any atom is 0.323 e. The molecule has 0 spiro atoms. The Morgan fingerprint density at radius 1 is 1.05 bits per heavy atom. The van der Waals surface area contributed by atoms with Gasteiger partial charge in [-0.25, -0.2) is 0 Å². The molecule has 0 saturated heterocycles. The number of carbonyl (C=O) groups excluding carboxylic acids is 2. The van der Waals surface area contributed by atoms with E-state index in [1.54, 1.807) is 7.05 Å². The van der Waals surface area contributed by atoms with Gasteiger partial charge < -0.3 is 15.8 Å². The van der Waals surface area contributed by atoms with Crippen LogP contribution >= 0.6 is 0 Å². The predicted molar refractivity (Wildman–Crippen MR) is 84.8 cm³/mol. The summed E-state index contributed by atoms with van der Waals surface area (Å²) in [6, 6.07) is -0.438. The number of hydrogen-bond acceptors (Lipinski definition) is 4. The molecule has 3 N–H and O–H groups in total. The zero-order valence-corrected chi connectivity index (χ0v) is 13.7. The summed E-state index contributed by atoms with van der Waals surface area (Å²) in [5.41, 5.74) is 5.08. The fraction of sp³-hybridized carbons (Fsp3) is 0.875. The Kier molecular flexibility index (Phi) is 13.1. The standard InChI is InChI=1S/C16H32N2O3/c1-3-4-5-6-7-8-9-10-13-21-16(20)14(18-2)11-12-15(17)19/h14,18H,3-13H2,1-2H3,(H2,17,19)/t14-/m1/s1. The third-order valence-corrected chi connectivity index (χ3v) is 3.55. The van der Waals surface area contributed by atoms with Crippen molar-refractivity contribution < 1.29 is 14.3 Å². The van der Waals surface area contributed by atoms with E-state index >= 15 is 0 Å². The van der Waals surface area contributed by atoms with Crippen LogP contribution in [0.1, 0.15) is 71.1 Å². The summed E-state index contributed by atoms with van der Waals surface area (Å²) < 4.78 is 5.22. The molecule has 1 atom stereocenters. The zero-order valence-electron chi connectivity index (χ0n) is 13.7. The number of nitrogens with one attached hydrogen (secondary N) is 1. The van der Waals surface area contributed by atoms with Gasteiger partial charge in [0.1, 0.15) is 6.04 Å². The van der Waals surface area contributed by atoms with E-state index < -0.39 is 11.9 Å². The van der Waals surface area contributed by atoms with Gasteiger partial charge in [0.15, 0.2) is 0 Å².